The van der Waals surface area contributed by atoms with Gasteiger partial charge in [-0.15, -0.1) is 0 Å². The Morgan fingerprint density at radius 2 is 1.73 bits per heavy atom. The maximum Gasteiger partial charge on any atom is 0.257 e. The van der Waals surface area contributed by atoms with Crippen molar-refractivity contribution in [3.63, 3.8) is 0 Å². The minimum Gasteiger partial charge on any atom is -0.493 e. The lowest BCUT2D eigenvalue weighted by molar-refractivity contribution is -0.125. The number of rotatable bonds is 1. The van der Waals surface area contributed by atoms with Gasteiger partial charge in [0.1, 0.15) is 11.3 Å². The van der Waals surface area contributed by atoms with E-state index in [1.54, 1.807) is 29.2 Å². The summed E-state index contributed by atoms with van der Waals surface area (Å²) in [4.78, 5) is 29.8. The molecule has 1 N–H and O–H groups in total. The van der Waals surface area contributed by atoms with Crippen LogP contribution in [-0.2, 0) is 4.79 Å². The lowest BCUT2D eigenvalue weighted by Gasteiger charge is -2.38. The fourth-order valence-electron chi connectivity index (χ4n) is 5.86. The van der Waals surface area contributed by atoms with Crippen LogP contribution in [-0.4, -0.2) is 28.9 Å². The maximum atomic E-state index is 14.1. The Morgan fingerprint density at radius 3 is 2.52 bits per heavy atom. The predicted molar refractivity (Wildman–Crippen MR) is 127 cm³/mol. The van der Waals surface area contributed by atoms with E-state index < -0.39 is 5.54 Å². The molecule has 166 valence electrons. The van der Waals surface area contributed by atoms with E-state index in [-0.39, 0.29) is 29.7 Å². The van der Waals surface area contributed by atoms with Crippen LogP contribution in [0.5, 0.6) is 5.75 Å². The molecule has 0 spiro atoms. The third-order valence-electron chi connectivity index (χ3n) is 7.24. The highest BCUT2D eigenvalue weighted by atomic mass is 35.5. The number of benzene rings is 3. The van der Waals surface area contributed by atoms with Crippen molar-refractivity contribution in [3.8, 4) is 5.75 Å². The summed E-state index contributed by atoms with van der Waals surface area (Å²) in [5.41, 5.74) is 1.48. The number of carbonyl (C=O) groups is 2. The fraction of sp³-hybridized carbons (Fsp3) is 0.231. The number of fused-ring (bicyclic) bond motifs is 6. The van der Waals surface area contributed by atoms with Crippen molar-refractivity contribution in [2.45, 2.75) is 24.4 Å². The van der Waals surface area contributed by atoms with Gasteiger partial charge in [0.05, 0.1) is 23.9 Å². The molecular weight excluding hydrogens is 459 g/mol. The van der Waals surface area contributed by atoms with Crippen LogP contribution < -0.4 is 10.1 Å². The summed E-state index contributed by atoms with van der Waals surface area (Å²) >= 11 is 12.6. The lowest BCUT2D eigenvalue weighted by Crippen LogP contribution is -2.54. The number of amides is 2. The Kier molecular flexibility index (Phi) is 4.51. The molecule has 3 aliphatic heterocycles. The number of nitrogens with zero attached hydrogens (tertiary/aromatic N) is 1. The van der Waals surface area contributed by atoms with E-state index in [1.807, 2.05) is 49.4 Å². The van der Waals surface area contributed by atoms with E-state index in [0.29, 0.717) is 33.7 Å². The molecule has 3 heterocycles. The summed E-state index contributed by atoms with van der Waals surface area (Å²) in [5, 5.41) is 4.00. The number of nitrogens with one attached hydrogen (secondary N) is 1. The number of carbonyl (C=O) groups excluding carboxylic acids is 2. The van der Waals surface area contributed by atoms with E-state index in [4.69, 9.17) is 27.9 Å². The van der Waals surface area contributed by atoms with Crippen LogP contribution in [0.2, 0.25) is 10.0 Å². The molecule has 6 rings (SSSR count). The van der Waals surface area contributed by atoms with E-state index in [1.165, 1.54) is 0 Å². The molecule has 0 saturated carbocycles. The zero-order valence-corrected chi connectivity index (χ0v) is 19.2. The molecule has 7 heteroatoms. The van der Waals surface area contributed by atoms with Gasteiger partial charge in [0.25, 0.3) is 11.8 Å². The first-order valence-corrected chi connectivity index (χ1v) is 11.6. The molecule has 0 aliphatic carbocycles. The molecule has 0 aromatic heterocycles. The zero-order valence-electron chi connectivity index (χ0n) is 17.7. The molecular formula is C26H20Cl2N2O3. The fourth-order valence-corrected chi connectivity index (χ4v) is 6.21. The van der Waals surface area contributed by atoms with Crippen molar-refractivity contribution in [1.82, 2.24) is 4.90 Å². The summed E-state index contributed by atoms with van der Waals surface area (Å²) in [7, 11) is 0. The lowest BCUT2D eigenvalue weighted by atomic mass is 9.73. The first kappa shape index (κ1) is 20.6. The Bertz CT molecular complexity index is 1310. The molecule has 5 nitrogen and oxygen atoms in total. The number of halogens is 2. The Hall–Kier alpha value is -3.02. The van der Waals surface area contributed by atoms with Gasteiger partial charge < -0.3 is 15.0 Å². The Balaban J connectivity index is 1.64. The minimum absolute atomic E-state index is 0.140. The molecule has 3 aliphatic rings. The number of hydrogen-bond donors (Lipinski definition) is 1. The van der Waals surface area contributed by atoms with Crippen molar-refractivity contribution in [2.24, 2.45) is 5.92 Å². The van der Waals surface area contributed by atoms with Gasteiger partial charge in [-0.25, -0.2) is 0 Å². The van der Waals surface area contributed by atoms with Gasteiger partial charge in [-0.2, -0.15) is 0 Å². The van der Waals surface area contributed by atoms with Gasteiger partial charge in [0, 0.05) is 27.4 Å². The first-order chi connectivity index (χ1) is 15.9. The average Bonchev–Trinajstić information content (AvgIpc) is 3.06. The van der Waals surface area contributed by atoms with Crippen LogP contribution in [0.3, 0.4) is 0 Å². The highest BCUT2D eigenvalue weighted by Crippen LogP contribution is 2.60. The average molecular weight is 479 g/mol. The van der Waals surface area contributed by atoms with Gasteiger partial charge in [0.15, 0.2) is 0 Å². The smallest absolute Gasteiger partial charge is 0.257 e. The van der Waals surface area contributed by atoms with Crippen molar-refractivity contribution >= 4 is 40.7 Å². The highest BCUT2D eigenvalue weighted by molar-refractivity contribution is 6.31. The molecule has 3 unspecified atom stereocenters. The molecule has 3 aromatic carbocycles. The van der Waals surface area contributed by atoms with Crippen LogP contribution in [0.1, 0.15) is 40.4 Å². The van der Waals surface area contributed by atoms with Crippen molar-refractivity contribution in [2.75, 3.05) is 11.9 Å². The SMILES string of the molecule is C[C@@]12C(=O)Nc3ccc(Cl)cc3C(=O)N1C1c3cc(Cl)ccc3OCC1C2c1ccccc1. The second-order valence-electron chi connectivity index (χ2n) is 8.96. The van der Waals surface area contributed by atoms with E-state index in [9.17, 15) is 9.59 Å². The van der Waals surface area contributed by atoms with Gasteiger partial charge >= 0.3 is 0 Å². The summed E-state index contributed by atoms with van der Waals surface area (Å²) < 4.78 is 6.14. The quantitative estimate of drug-likeness (QED) is 0.488. The van der Waals surface area contributed by atoms with Gasteiger partial charge in [-0.1, -0.05) is 53.5 Å². The largest absolute Gasteiger partial charge is 0.493 e. The molecule has 33 heavy (non-hydrogen) atoms. The standard InChI is InChI=1S/C26H20Cl2N2O3/c1-26-22(14-5-3-2-4-6-14)19-13-33-21-10-8-16(28)12-18(21)23(19)30(26)24(31)17-11-15(27)7-9-20(17)29-25(26)32/h2-12,19,22-23H,13H2,1H3,(H,29,32)/t19?,22?,23?,26-/m1/s1. The van der Waals surface area contributed by atoms with E-state index in [2.05, 4.69) is 5.32 Å². The second kappa shape index (κ2) is 7.24. The van der Waals surface area contributed by atoms with Gasteiger partial charge in [0.2, 0.25) is 0 Å². The van der Waals surface area contributed by atoms with E-state index >= 15 is 0 Å². The molecule has 0 bridgehead atoms. The second-order valence-corrected chi connectivity index (χ2v) is 9.83. The Labute approximate surface area is 201 Å². The van der Waals surface area contributed by atoms with E-state index in [0.717, 1.165) is 11.1 Å². The summed E-state index contributed by atoms with van der Waals surface area (Å²) in [6.45, 7) is 2.24. The zero-order chi connectivity index (χ0) is 22.9. The van der Waals surface area contributed by atoms with Crippen LogP contribution in [0.25, 0.3) is 0 Å². The number of hydrogen-bond acceptors (Lipinski definition) is 3. The van der Waals surface area contributed by atoms with Gasteiger partial charge in [-0.3, -0.25) is 9.59 Å². The molecule has 1 saturated heterocycles. The monoisotopic (exact) mass is 478 g/mol. The number of ether oxygens (including phenoxy) is 1. The summed E-state index contributed by atoms with van der Waals surface area (Å²) in [6.07, 6.45) is 0. The summed E-state index contributed by atoms with van der Waals surface area (Å²) in [5.74, 6) is -0.220. The normalized spacial score (nSPS) is 27.5. The molecule has 4 atom stereocenters. The van der Waals surface area contributed by atoms with Crippen LogP contribution >= 0.6 is 23.2 Å². The maximum absolute atomic E-state index is 14.1. The number of anilines is 1. The third-order valence-corrected chi connectivity index (χ3v) is 7.71. The van der Waals surface area contributed by atoms with Crippen molar-refractivity contribution < 1.29 is 14.3 Å². The summed E-state index contributed by atoms with van der Waals surface area (Å²) in [6, 6.07) is 19.9. The van der Waals surface area contributed by atoms with Crippen molar-refractivity contribution in [3.05, 3.63) is 93.5 Å². The van der Waals surface area contributed by atoms with Crippen LogP contribution in [0.4, 0.5) is 5.69 Å². The molecule has 3 aromatic rings. The third kappa shape index (κ3) is 2.85. The molecule has 1 fully saturated rings. The topological polar surface area (TPSA) is 58.6 Å². The van der Waals surface area contributed by atoms with Crippen LogP contribution in [0.15, 0.2) is 66.7 Å². The first-order valence-electron chi connectivity index (χ1n) is 10.8. The predicted octanol–water partition coefficient (Wildman–Crippen LogP) is 5.69. The highest BCUT2D eigenvalue weighted by Gasteiger charge is 2.65. The molecule has 2 amide bonds. The van der Waals surface area contributed by atoms with Crippen molar-refractivity contribution in [1.29, 1.82) is 0 Å². The molecule has 0 radical (unpaired) electrons. The van der Waals surface area contributed by atoms with Gasteiger partial charge in [-0.05, 0) is 48.9 Å². The minimum atomic E-state index is -1.16. The Morgan fingerprint density at radius 1 is 1.00 bits per heavy atom. The van der Waals surface area contributed by atoms with Crippen LogP contribution in [0, 0.1) is 5.92 Å².